The maximum absolute atomic E-state index is 12.9. The Morgan fingerprint density at radius 3 is 2.28 bits per heavy atom. The number of benzene rings is 2. The van der Waals surface area contributed by atoms with E-state index in [-0.39, 0.29) is 5.70 Å². The highest BCUT2D eigenvalue weighted by molar-refractivity contribution is 6.10. The normalized spacial score (nSPS) is 11.2. The molecule has 2 amide bonds. The van der Waals surface area contributed by atoms with Crippen LogP contribution in [0, 0.1) is 5.92 Å². The highest BCUT2D eigenvalue weighted by atomic mass is 16.5. The zero-order valence-electron chi connectivity index (χ0n) is 18.3. The van der Waals surface area contributed by atoms with E-state index in [0.717, 1.165) is 0 Å². The molecule has 0 saturated carbocycles. The molecule has 2 aromatic carbocycles. The fourth-order valence-electron chi connectivity index (χ4n) is 2.71. The van der Waals surface area contributed by atoms with E-state index in [2.05, 4.69) is 24.5 Å². The van der Waals surface area contributed by atoms with Crippen molar-refractivity contribution in [1.82, 2.24) is 5.32 Å². The molecule has 0 fully saturated rings. The minimum Gasteiger partial charge on any atom is -0.497 e. The Morgan fingerprint density at radius 2 is 1.69 bits per heavy atom. The van der Waals surface area contributed by atoms with E-state index < -0.39 is 11.8 Å². The smallest absolute Gasteiger partial charge is 0.272 e. The number of ether oxygens (including phenoxy) is 2. The number of rotatable bonds is 9. The van der Waals surface area contributed by atoms with Crippen molar-refractivity contribution in [2.45, 2.75) is 13.8 Å². The van der Waals surface area contributed by atoms with Gasteiger partial charge in [0.25, 0.3) is 11.8 Å². The molecular weight excluding hydrogens is 408 g/mol. The second-order valence-corrected chi connectivity index (χ2v) is 7.44. The Bertz CT molecular complexity index is 1050. The van der Waals surface area contributed by atoms with Gasteiger partial charge in [0, 0.05) is 17.3 Å². The van der Waals surface area contributed by atoms with Gasteiger partial charge in [-0.3, -0.25) is 9.59 Å². The maximum atomic E-state index is 12.9. The molecule has 0 aliphatic rings. The molecule has 0 saturated heterocycles. The van der Waals surface area contributed by atoms with Crippen LogP contribution >= 0.6 is 0 Å². The molecule has 2 N–H and O–H groups in total. The highest BCUT2D eigenvalue weighted by Crippen LogP contribution is 2.17. The molecule has 0 unspecified atom stereocenters. The van der Waals surface area contributed by atoms with E-state index in [1.54, 1.807) is 67.8 Å². The number of furan rings is 1. The SMILES string of the molecule is COc1ccc(NC(=O)/C(=C/c2ccco2)NC(=O)c2ccc(OCC(C)C)cc2)cc1. The van der Waals surface area contributed by atoms with Crippen LogP contribution in [-0.2, 0) is 4.79 Å². The Labute approximate surface area is 187 Å². The van der Waals surface area contributed by atoms with Crippen molar-refractivity contribution in [1.29, 1.82) is 0 Å². The molecule has 0 bridgehead atoms. The Kier molecular flexibility index (Phi) is 7.70. The van der Waals surface area contributed by atoms with E-state index in [4.69, 9.17) is 13.9 Å². The van der Waals surface area contributed by atoms with Crippen LogP contribution in [0.25, 0.3) is 6.08 Å². The Hall–Kier alpha value is -4.00. The number of carbonyl (C=O) groups excluding carboxylic acids is 2. The van der Waals surface area contributed by atoms with Gasteiger partial charge in [0.1, 0.15) is 23.0 Å². The molecule has 7 nitrogen and oxygen atoms in total. The number of nitrogens with one attached hydrogen (secondary N) is 2. The van der Waals surface area contributed by atoms with Crippen molar-refractivity contribution < 1.29 is 23.5 Å². The zero-order valence-corrected chi connectivity index (χ0v) is 18.3. The first-order valence-corrected chi connectivity index (χ1v) is 10.2. The molecule has 0 radical (unpaired) electrons. The molecule has 0 spiro atoms. The first-order chi connectivity index (χ1) is 15.4. The van der Waals surface area contributed by atoms with Crippen molar-refractivity contribution in [3.8, 4) is 11.5 Å². The fraction of sp³-hybridized carbons (Fsp3) is 0.200. The van der Waals surface area contributed by atoms with Crippen LogP contribution in [0.15, 0.2) is 77.0 Å². The number of hydrogen-bond donors (Lipinski definition) is 2. The van der Waals surface area contributed by atoms with Crippen LogP contribution in [0.2, 0.25) is 0 Å². The lowest BCUT2D eigenvalue weighted by Crippen LogP contribution is -2.30. The Balaban J connectivity index is 1.74. The quantitative estimate of drug-likeness (QED) is 0.475. The van der Waals surface area contributed by atoms with Gasteiger partial charge in [-0.05, 0) is 66.6 Å². The third kappa shape index (κ3) is 6.50. The number of carbonyl (C=O) groups is 2. The summed E-state index contributed by atoms with van der Waals surface area (Å²) in [6, 6.07) is 17.0. The maximum Gasteiger partial charge on any atom is 0.272 e. The molecule has 7 heteroatoms. The summed E-state index contributed by atoms with van der Waals surface area (Å²) in [5.74, 6) is 1.27. The predicted octanol–water partition coefficient (Wildman–Crippen LogP) is 4.73. The number of methoxy groups -OCH3 is 1. The van der Waals surface area contributed by atoms with Gasteiger partial charge in [-0.25, -0.2) is 0 Å². The summed E-state index contributed by atoms with van der Waals surface area (Å²) >= 11 is 0. The van der Waals surface area contributed by atoms with Crippen LogP contribution in [0.1, 0.15) is 30.0 Å². The molecule has 1 aromatic heterocycles. The molecule has 32 heavy (non-hydrogen) atoms. The summed E-state index contributed by atoms with van der Waals surface area (Å²) in [4.78, 5) is 25.7. The number of hydrogen-bond acceptors (Lipinski definition) is 5. The number of amides is 2. The third-order valence-electron chi connectivity index (χ3n) is 4.37. The van der Waals surface area contributed by atoms with E-state index >= 15 is 0 Å². The number of anilines is 1. The van der Waals surface area contributed by atoms with Gasteiger partial charge in [-0.1, -0.05) is 13.8 Å². The molecule has 0 aliphatic carbocycles. The standard InChI is InChI=1S/C25H26N2O5/c1-17(2)16-32-21-10-6-18(7-11-21)24(28)27-23(15-22-5-4-14-31-22)25(29)26-19-8-12-20(30-3)13-9-19/h4-15,17H,16H2,1-3H3,(H,26,29)(H,27,28)/b23-15-. The second kappa shape index (κ2) is 10.9. The van der Waals surface area contributed by atoms with E-state index in [1.807, 2.05) is 0 Å². The lowest BCUT2D eigenvalue weighted by molar-refractivity contribution is -0.113. The lowest BCUT2D eigenvalue weighted by Gasteiger charge is -2.12. The van der Waals surface area contributed by atoms with Gasteiger partial charge >= 0.3 is 0 Å². The third-order valence-corrected chi connectivity index (χ3v) is 4.37. The van der Waals surface area contributed by atoms with Crippen molar-refractivity contribution in [3.05, 3.63) is 83.9 Å². The molecule has 1 heterocycles. The fourth-order valence-corrected chi connectivity index (χ4v) is 2.71. The van der Waals surface area contributed by atoms with Crippen molar-refractivity contribution >= 4 is 23.6 Å². The Morgan fingerprint density at radius 1 is 1.00 bits per heavy atom. The van der Waals surface area contributed by atoms with E-state index in [9.17, 15) is 9.59 Å². The summed E-state index contributed by atoms with van der Waals surface area (Å²) in [7, 11) is 1.57. The zero-order chi connectivity index (χ0) is 22.9. The minimum absolute atomic E-state index is 0.0425. The van der Waals surface area contributed by atoms with Crippen LogP contribution in [-0.4, -0.2) is 25.5 Å². The molecule has 3 aromatic rings. The summed E-state index contributed by atoms with van der Waals surface area (Å²) in [5, 5.41) is 5.43. The summed E-state index contributed by atoms with van der Waals surface area (Å²) < 4.78 is 16.1. The predicted molar refractivity (Wildman–Crippen MR) is 123 cm³/mol. The first-order valence-electron chi connectivity index (χ1n) is 10.2. The average molecular weight is 434 g/mol. The monoisotopic (exact) mass is 434 g/mol. The van der Waals surface area contributed by atoms with Crippen LogP contribution in [0.3, 0.4) is 0 Å². The van der Waals surface area contributed by atoms with E-state index in [0.29, 0.717) is 41.0 Å². The molecule has 0 atom stereocenters. The molecular formula is C25H26N2O5. The summed E-state index contributed by atoms with van der Waals surface area (Å²) in [5.41, 5.74) is 0.993. The summed E-state index contributed by atoms with van der Waals surface area (Å²) in [6.07, 6.45) is 2.96. The van der Waals surface area contributed by atoms with Gasteiger partial charge < -0.3 is 24.5 Å². The first kappa shape index (κ1) is 22.7. The van der Waals surface area contributed by atoms with Crippen molar-refractivity contribution in [2.24, 2.45) is 5.92 Å². The van der Waals surface area contributed by atoms with Gasteiger partial charge in [0.05, 0.1) is 20.0 Å². The van der Waals surface area contributed by atoms with Crippen LogP contribution < -0.4 is 20.1 Å². The topological polar surface area (TPSA) is 89.8 Å². The van der Waals surface area contributed by atoms with Gasteiger partial charge in [-0.2, -0.15) is 0 Å². The van der Waals surface area contributed by atoms with Gasteiger partial charge in [-0.15, -0.1) is 0 Å². The average Bonchev–Trinajstić information content (AvgIpc) is 3.31. The van der Waals surface area contributed by atoms with E-state index in [1.165, 1.54) is 12.3 Å². The van der Waals surface area contributed by atoms with Crippen molar-refractivity contribution in [3.63, 3.8) is 0 Å². The molecule has 0 aliphatic heterocycles. The second-order valence-electron chi connectivity index (χ2n) is 7.44. The van der Waals surface area contributed by atoms with Crippen molar-refractivity contribution in [2.75, 3.05) is 19.0 Å². The molecule has 3 rings (SSSR count). The largest absolute Gasteiger partial charge is 0.497 e. The van der Waals surface area contributed by atoms with Crippen LogP contribution in [0.4, 0.5) is 5.69 Å². The minimum atomic E-state index is -0.489. The molecule has 166 valence electrons. The van der Waals surface area contributed by atoms with Crippen LogP contribution in [0.5, 0.6) is 11.5 Å². The van der Waals surface area contributed by atoms with Gasteiger partial charge in [0.2, 0.25) is 0 Å². The summed E-state index contributed by atoms with van der Waals surface area (Å²) in [6.45, 7) is 4.71. The lowest BCUT2D eigenvalue weighted by atomic mass is 10.2. The van der Waals surface area contributed by atoms with Gasteiger partial charge in [0.15, 0.2) is 0 Å². The highest BCUT2D eigenvalue weighted by Gasteiger charge is 2.16.